The Balaban J connectivity index is 2.18. The van der Waals surface area contributed by atoms with Crippen LogP contribution in [0.25, 0.3) is 0 Å². The van der Waals surface area contributed by atoms with E-state index in [-0.39, 0.29) is 12.1 Å². The SMILES string of the molecule is COc1ccccc1CNC(C(=O)O)c1ccccc1F. The number of carbonyl (C=O) groups is 1. The number of hydrogen-bond acceptors (Lipinski definition) is 3. The molecule has 0 aliphatic carbocycles. The third-order valence-corrected chi connectivity index (χ3v) is 3.15. The molecule has 1 atom stereocenters. The molecule has 2 aromatic rings. The first-order valence-electron chi connectivity index (χ1n) is 6.46. The highest BCUT2D eigenvalue weighted by molar-refractivity contribution is 5.75. The minimum Gasteiger partial charge on any atom is -0.496 e. The molecular weight excluding hydrogens is 273 g/mol. The predicted octanol–water partition coefficient (Wildman–Crippen LogP) is 2.75. The number of para-hydroxylation sites is 1. The van der Waals surface area contributed by atoms with Crippen molar-refractivity contribution < 1.29 is 19.0 Å². The number of methoxy groups -OCH3 is 1. The molecule has 21 heavy (non-hydrogen) atoms. The van der Waals surface area contributed by atoms with Crippen LogP contribution in [0.2, 0.25) is 0 Å². The molecule has 0 fully saturated rings. The van der Waals surface area contributed by atoms with E-state index >= 15 is 0 Å². The monoisotopic (exact) mass is 289 g/mol. The van der Waals surface area contributed by atoms with Crippen LogP contribution in [-0.2, 0) is 11.3 Å². The number of nitrogens with one attached hydrogen (secondary N) is 1. The molecule has 0 aliphatic heterocycles. The Labute approximate surface area is 122 Å². The maximum absolute atomic E-state index is 13.7. The molecule has 0 bridgehead atoms. The molecule has 5 heteroatoms. The van der Waals surface area contributed by atoms with E-state index in [9.17, 15) is 14.3 Å². The molecule has 2 rings (SSSR count). The lowest BCUT2D eigenvalue weighted by molar-refractivity contribution is -0.139. The summed E-state index contributed by atoms with van der Waals surface area (Å²) >= 11 is 0. The molecule has 0 amide bonds. The van der Waals surface area contributed by atoms with Crippen LogP contribution in [0.4, 0.5) is 4.39 Å². The number of carboxylic acid groups (broad SMARTS) is 1. The van der Waals surface area contributed by atoms with Gasteiger partial charge in [0.1, 0.15) is 17.6 Å². The van der Waals surface area contributed by atoms with Crippen LogP contribution in [0.1, 0.15) is 17.2 Å². The summed E-state index contributed by atoms with van der Waals surface area (Å²) in [5.74, 6) is -1.02. The molecule has 0 saturated carbocycles. The van der Waals surface area contributed by atoms with Crippen molar-refractivity contribution in [2.75, 3.05) is 7.11 Å². The molecule has 1 unspecified atom stereocenters. The summed E-state index contributed by atoms with van der Waals surface area (Å²) < 4.78 is 18.9. The maximum Gasteiger partial charge on any atom is 0.325 e. The van der Waals surface area contributed by atoms with Gasteiger partial charge in [-0.15, -0.1) is 0 Å². The summed E-state index contributed by atoms with van der Waals surface area (Å²) in [7, 11) is 1.55. The van der Waals surface area contributed by atoms with Crippen molar-refractivity contribution in [2.45, 2.75) is 12.6 Å². The molecule has 0 aromatic heterocycles. The lowest BCUT2D eigenvalue weighted by Gasteiger charge is -2.16. The molecule has 0 heterocycles. The maximum atomic E-state index is 13.7. The third kappa shape index (κ3) is 3.58. The van der Waals surface area contributed by atoms with Crippen molar-refractivity contribution in [1.82, 2.24) is 5.32 Å². The first kappa shape index (κ1) is 15.0. The number of benzene rings is 2. The van der Waals surface area contributed by atoms with E-state index in [0.717, 1.165) is 5.56 Å². The van der Waals surface area contributed by atoms with Crippen LogP contribution in [0.5, 0.6) is 5.75 Å². The Hall–Kier alpha value is -2.40. The second-order valence-electron chi connectivity index (χ2n) is 4.49. The fourth-order valence-electron chi connectivity index (χ4n) is 2.10. The fraction of sp³-hybridized carbons (Fsp3) is 0.188. The zero-order chi connectivity index (χ0) is 15.2. The number of rotatable bonds is 6. The normalized spacial score (nSPS) is 11.9. The van der Waals surface area contributed by atoms with E-state index in [1.54, 1.807) is 19.2 Å². The third-order valence-electron chi connectivity index (χ3n) is 3.15. The molecule has 0 radical (unpaired) electrons. The first-order valence-corrected chi connectivity index (χ1v) is 6.46. The number of carboxylic acids is 1. The minimum atomic E-state index is -1.13. The molecular formula is C16H16FNO3. The highest BCUT2D eigenvalue weighted by Crippen LogP contribution is 2.21. The zero-order valence-electron chi connectivity index (χ0n) is 11.5. The Kier molecular flexibility index (Phi) is 4.90. The van der Waals surface area contributed by atoms with Crippen LogP contribution < -0.4 is 10.1 Å². The van der Waals surface area contributed by atoms with Crippen molar-refractivity contribution in [3.8, 4) is 5.75 Å². The van der Waals surface area contributed by atoms with Crippen LogP contribution >= 0.6 is 0 Å². The van der Waals surface area contributed by atoms with Crippen LogP contribution in [0.3, 0.4) is 0 Å². The van der Waals surface area contributed by atoms with E-state index in [1.807, 2.05) is 18.2 Å². The fourth-order valence-corrected chi connectivity index (χ4v) is 2.10. The summed E-state index contributed by atoms with van der Waals surface area (Å²) in [6.45, 7) is 0.259. The summed E-state index contributed by atoms with van der Waals surface area (Å²) in [4.78, 5) is 11.4. The molecule has 0 saturated heterocycles. The summed E-state index contributed by atoms with van der Waals surface area (Å²) in [5, 5.41) is 12.1. The quantitative estimate of drug-likeness (QED) is 0.858. The second-order valence-corrected chi connectivity index (χ2v) is 4.49. The first-order chi connectivity index (χ1) is 10.1. The zero-order valence-corrected chi connectivity index (χ0v) is 11.5. The van der Waals surface area contributed by atoms with Gasteiger partial charge in [0.15, 0.2) is 0 Å². The van der Waals surface area contributed by atoms with Gasteiger partial charge in [-0.25, -0.2) is 4.39 Å². The number of ether oxygens (including phenoxy) is 1. The predicted molar refractivity (Wildman–Crippen MR) is 76.6 cm³/mol. The average molecular weight is 289 g/mol. The van der Waals surface area contributed by atoms with E-state index in [1.165, 1.54) is 18.2 Å². The lowest BCUT2D eigenvalue weighted by atomic mass is 10.1. The smallest absolute Gasteiger partial charge is 0.325 e. The van der Waals surface area contributed by atoms with Gasteiger partial charge in [0, 0.05) is 17.7 Å². The molecule has 2 N–H and O–H groups in total. The van der Waals surface area contributed by atoms with Gasteiger partial charge in [0.05, 0.1) is 7.11 Å². The van der Waals surface area contributed by atoms with Gasteiger partial charge >= 0.3 is 5.97 Å². The van der Waals surface area contributed by atoms with Crippen molar-refractivity contribution in [1.29, 1.82) is 0 Å². The minimum absolute atomic E-state index is 0.111. The molecule has 4 nitrogen and oxygen atoms in total. The van der Waals surface area contributed by atoms with Gasteiger partial charge in [-0.05, 0) is 12.1 Å². The van der Waals surface area contributed by atoms with Crippen LogP contribution in [0, 0.1) is 5.82 Å². The van der Waals surface area contributed by atoms with Crippen molar-refractivity contribution in [3.63, 3.8) is 0 Å². The number of halogens is 1. The van der Waals surface area contributed by atoms with Gasteiger partial charge in [-0.2, -0.15) is 0 Å². The molecule has 2 aromatic carbocycles. The Bertz CT molecular complexity index is 630. The van der Waals surface area contributed by atoms with Crippen molar-refractivity contribution in [3.05, 3.63) is 65.5 Å². The van der Waals surface area contributed by atoms with Crippen LogP contribution in [-0.4, -0.2) is 18.2 Å². The van der Waals surface area contributed by atoms with E-state index in [0.29, 0.717) is 5.75 Å². The van der Waals surface area contributed by atoms with Crippen molar-refractivity contribution >= 4 is 5.97 Å². The Morgan fingerprint density at radius 2 is 1.90 bits per heavy atom. The Morgan fingerprint density at radius 3 is 2.57 bits per heavy atom. The van der Waals surface area contributed by atoms with Crippen LogP contribution in [0.15, 0.2) is 48.5 Å². The highest BCUT2D eigenvalue weighted by Gasteiger charge is 2.22. The molecule has 0 aliphatic rings. The summed E-state index contributed by atoms with van der Waals surface area (Å²) in [5.41, 5.74) is 0.919. The standard InChI is InChI=1S/C16H16FNO3/c1-21-14-9-5-2-6-11(14)10-18-15(16(19)20)12-7-3-4-8-13(12)17/h2-9,15,18H,10H2,1H3,(H,19,20). The van der Waals surface area contributed by atoms with Gasteiger partial charge < -0.3 is 9.84 Å². The molecule has 0 spiro atoms. The lowest BCUT2D eigenvalue weighted by Crippen LogP contribution is -2.29. The molecule has 110 valence electrons. The van der Waals surface area contributed by atoms with Gasteiger partial charge in [0.25, 0.3) is 0 Å². The summed E-state index contributed by atoms with van der Waals surface area (Å²) in [6.07, 6.45) is 0. The van der Waals surface area contributed by atoms with Gasteiger partial charge in [-0.1, -0.05) is 36.4 Å². The largest absolute Gasteiger partial charge is 0.496 e. The Morgan fingerprint density at radius 1 is 1.24 bits per heavy atom. The number of hydrogen-bond donors (Lipinski definition) is 2. The van der Waals surface area contributed by atoms with E-state index < -0.39 is 17.8 Å². The van der Waals surface area contributed by atoms with E-state index in [4.69, 9.17) is 4.74 Å². The number of aliphatic carboxylic acids is 1. The van der Waals surface area contributed by atoms with Gasteiger partial charge in [-0.3, -0.25) is 10.1 Å². The summed E-state index contributed by atoms with van der Waals surface area (Å²) in [6, 6.07) is 12.0. The highest BCUT2D eigenvalue weighted by atomic mass is 19.1. The van der Waals surface area contributed by atoms with Gasteiger partial charge in [0.2, 0.25) is 0 Å². The topological polar surface area (TPSA) is 58.6 Å². The van der Waals surface area contributed by atoms with E-state index in [2.05, 4.69) is 5.32 Å². The second kappa shape index (κ2) is 6.85. The van der Waals surface area contributed by atoms with Crippen molar-refractivity contribution in [2.24, 2.45) is 0 Å². The average Bonchev–Trinajstić information content (AvgIpc) is 2.49.